The van der Waals surface area contributed by atoms with E-state index in [9.17, 15) is 19.8 Å². The second-order valence-corrected chi connectivity index (χ2v) is 7.32. The van der Waals surface area contributed by atoms with E-state index in [1.54, 1.807) is 36.4 Å². The van der Waals surface area contributed by atoms with Crippen LogP contribution in [0.5, 0.6) is 11.5 Å². The number of aliphatic hydroxyl groups excluding tert-OH is 1. The lowest BCUT2D eigenvalue weighted by Gasteiger charge is -2.28. The van der Waals surface area contributed by atoms with Gasteiger partial charge in [-0.25, -0.2) is 0 Å². The molecule has 164 valence electrons. The van der Waals surface area contributed by atoms with E-state index in [4.69, 9.17) is 4.74 Å². The normalized spacial score (nSPS) is 18.1. The van der Waals surface area contributed by atoms with Crippen LogP contribution in [0.25, 0.3) is 5.76 Å². The van der Waals surface area contributed by atoms with Crippen LogP contribution in [0.4, 0.5) is 0 Å². The molecule has 0 aliphatic carbocycles. The highest BCUT2D eigenvalue weighted by Gasteiger charge is 2.46. The van der Waals surface area contributed by atoms with Gasteiger partial charge in [0.25, 0.3) is 11.7 Å². The number of phenolic OH excluding ortho intramolecular Hbond substituents is 1. The van der Waals surface area contributed by atoms with Crippen LogP contribution in [0.2, 0.25) is 0 Å². The number of Topliss-reactive ketones (excluding diaryl/α,β-unsaturated/α-hetero) is 1. The molecule has 31 heavy (non-hydrogen) atoms. The van der Waals surface area contributed by atoms with Crippen molar-refractivity contribution in [1.29, 1.82) is 0 Å². The van der Waals surface area contributed by atoms with E-state index < -0.39 is 17.7 Å². The molecule has 7 heteroatoms. The lowest BCUT2D eigenvalue weighted by molar-refractivity contribution is -0.140. The van der Waals surface area contributed by atoms with Gasteiger partial charge in [-0.2, -0.15) is 0 Å². The van der Waals surface area contributed by atoms with Crippen molar-refractivity contribution < 1.29 is 24.5 Å². The van der Waals surface area contributed by atoms with E-state index in [1.165, 1.54) is 18.1 Å². The van der Waals surface area contributed by atoms with Gasteiger partial charge in [-0.05, 0) is 30.8 Å². The first-order chi connectivity index (χ1) is 14.9. The largest absolute Gasteiger partial charge is 0.507 e. The van der Waals surface area contributed by atoms with Gasteiger partial charge < -0.3 is 24.7 Å². The summed E-state index contributed by atoms with van der Waals surface area (Å²) in [6.07, 6.45) is 0. The molecule has 0 bridgehead atoms. The van der Waals surface area contributed by atoms with Gasteiger partial charge in [0, 0.05) is 18.7 Å². The number of carbonyl (C=O) groups is 2. The number of carbonyl (C=O) groups excluding carboxylic acids is 2. The Kier molecular flexibility index (Phi) is 6.97. The fraction of sp³-hybridized carbons (Fsp3) is 0.333. The maximum absolute atomic E-state index is 13.0. The summed E-state index contributed by atoms with van der Waals surface area (Å²) in [5, 5.41) is 21.0. The highest BCUT2D eigenvalue weighted by molar-refractivity contribution is 6.46. The number of ether oxygens (including phenoxy) is 1. The van der Waals surface area contributed by atoms with Crippen molar-refractivity contribution in [3.8, 4) is 11.5 Å². The van der Waals surface area contributed by atoms with Crippen molar-refractivity contribution in [2.75, 3.05) is 33.3 Å². The topological polar surface area (TPSA) is 90.3 Å². The number of aromatic hydroxyl groups is 1. The molecule has 2 aromatic carbocycles. The third kappa shape index (κ3) is 4.41. The summed E-state index contributed by atoms with van der Waals surface area (Å²) in [7, 11) is 1.43. The number of likely N-dealkylation sites (N-methyl/N-ethyl adjacent to an activating group) is 1. The number of hydrogen-bond acceptors (Lipinski definition) is 6. The van der Waals surface area contributed by atoms with E-state index in [1.807, 2.05) is 19.9 Å². The molecule has 0 radical (unpaired) electrons. The number of hydrogen-bond donors (Lipinski definition) is 2. The van der Waals surface area contributed by atoms with Gasteiger partial charge in [0.2, 0.25) is 0 Å². The second-order valence-electron chi connectivity index (χ2n) is 7.32. The van der Waals surface area contributed by atoms with Crippen LogP contribution in [0.15, 0.2) is 54.1 Å². The zero-order chi connectivity index (χ0) is 22.5. The smallest absolute Gasteiger partial charge is 0.295 e. The van der Waals surface area contributed by atoms with Crippen LogP contribution in [0, 0.1) is 0 Å². The SMILES string of the molecule is CCN(CC)CCN1C(=O)C(=O)C(=C(O)c2ccccc2)C1c1ccc(O)c(OC)c1. The molecule has 1 unspecified atom stereocenters. The Hall–Kier alpha value is -3.32. The van der Waals surface area contributed by atoms with E-state index in [0.717, 1.165) is 13.1 Å². The number of methoxy groups -OCH3 is 1. The number of ketones is 1. The molecule has 1 atom stereocenters. The van der Waals surface area contributed by atoms with Crippen molar-refractivity contribution in [3.63, 3.8) is 0 Å². The molecule has 0 spiro atoms. The summed E-state index contributed by atoms with van der Waals surface area (Å²) in [6, 6.07) is 12.6. The number of phenols is 1. The fourth-order valence-electron chi connectivity index (χ4n) is 3.86. The Labute approximate surface area is 182 Å². The van der Waals surface area contributed by atoms with E-state index in [2.05, 4.69) is 4.90 Å². The summed E-state index contributed by atoms with van der Waals surface area (Å²) in [5.41, 5.74) is 1.06. The first kappa shape index (κ1) is 22.4. The first-order valence-electron chi connectivity index (χ1n) is 10.4. The van der Waals surface area contributed by atoms with Gasteiger partial charge in [-0.15, -0.1) is 0 Å². The average Bonchev–Trinajstić information content (AvgIpc) is 3.05. The molecule has 0 saturated carbocycles. The highest BCUT2D eigenvalue weighted by Crippen LogP contribution is 2.41. The van der Waals surface area contributed by atoms with E-state index in [-0.39, 0.29) is 22.8 Å². The van der Waals surface area contributed by atoms with Crippen molar-refractivity contribution in [2.45, 2.75) is 19.9 Å². The number of likely N-dealkylation sites (tertiary alicyclic amines) is 1. The number of benzene rings is 2. The van der Waals surface area contributed by atoms with Crippen LogP contribution < -0.4 is 4.74 Å². The third-order valence-corrected chi connectivity index (χ3v) is 5.66. The quantitative estimate of drug-likeness (QED) is 0.384. The molecule has 1 aliphatic heterocycles. The third-order valence-electron chi connectivity index (χ3n) is 5.66. The Morgan fingerprint density at radius 1 is 1.10 bits per heavy atom. The molecule has 3 rings (SSSR count). The standard InChI is InChI=1S/C24H28N2O5/c1-4-25(5-2)13-14-26-21(17-11-12-18(27)19(15-17)31-3)20(23(29)24(26)30)22(28)16-9-7-6-8-10-16/h6-12,15,21,27-28H,4-5,13-14H2,1-3H3. The minimum Gasteiger partial charge on any atom is -0.507 e. The van der Waals surface area contributed by atoms with Gasteiger partial charge in [-0.3, -0.25) is 9.59 Å². The monoisotopic (exact) mass is 424 g/mol. The number of nitrogens with zero attached hydrogens (tertiary/aromatic N) is 2. The van der Waals surface area contributed by atoms with Crippen LogP contribution in [-0.2, 0) is 9.59 Å². The number of rotatable bonds is 8. The minimum absolute atomic E-state index is 0.0310. The van der Waals surface area contributed by atoms with Crippen LogP contribution in [0.1, 0.15) is 31.0 Å². The molecule has 2 aromatic rings. The molecule has 1 aliphatic rings. The van der Waals surface area contributed by atoms with Gasteiger partial charge in [0.1, 0.15) is 5.76 Å². The maximum atomic E-state index is 13.0. The molecule has 0 aromatic heterocycles. The van der Waals surface area contributed by atoms with Crippen LogP contribution in [0.3, 0.4) is 0 Å². The number of aliphatic hydroxyl groups is 1. The molecule has 1 fully saturated rings. The fourth-order valence-corrected chi connectivity index (χ4v) is 3.86. The Bertz CT molecular complexity index is 983. The lowest BCUT2D eigenvalue weighted by Crippen LogP contribution is -2.38. The van der Waals surface area contributed by atoms with Crippen molar-refractivity contribution in [2.24, 2.45) is 0 Å². The Morgan fingerprint density at radius 2 is 1.77 bits per heavy atom. The van der Waals surface area contributed by atoms with Crippen LogP contribution in [-0.4, -0.2) is 65.0 Å². The Balaban J connectivity index is 2.13. The molecular weight excluding hydrogens is 396 g/mol. The molecule has 1 saturated heterocycles. The zero-order valence-corrected chi connectivity index (χ0v) is 18.0. The van der Waals surface area contributed by atoms with Crippen molar-refractivity contribution in [1.82, 2.24) is 9.80 Å². The lowest BCUT2D eigenvalue weighted by atomic mass is 9.95. The second kappa shape index (κ2) is 9.66. The summed E-state index contributed by atoms with van der Waals surface area (Å²) in [4.78, 5) is 29.6. The minimum atomic E-state index is -0.787. The number of amides is 1. The van der Waals surface area contributed by atoms with Crippen molar-refractivity contribution in [3.05, 3.63) is 65.2 Å². The summed E-state index contributed by atoms with van der Waals surface area (Å²) < 4.78 is 5.22. The highest BCUT2D eigenvalue weighted by atomic mass is 16.5. The molecule has 2 N–H and O–H groups in total. The van der Waals surface area contributed by atoms with Gasteiger partial charge in [0.05, 0.1) is 18.7 Å². The average molecular weight is 424 g/mol. The molecular formula is C24H28N2O5. The van der Waals surface area contributed by atoms with Crippen molar-refractivity contribution >= 4 is 17.4 Å². The van der Waals surface area contributed by atoms with Gasteiger partial charge in [0.15, 0.2) is 11.5 Å². The summed E-state index contributed by atoms with van der Waals surface area (Å²) >= 11 is 0. The predicted octanol–water partition coefficient (Wildman–Crippen LogP) is 3.16. The Morgan fingerprint density at radius 3 is 2.39 bits per heavy atom. The summed E-state index contributed by atoms with van der Waals surface area (Å²) in [5.74, 6) is -1.41. The predicted molar refractivity (Wildman–Crippen MR) is 118 cm³/mol. The molecule has 1 heterocycles. The first-order valence-corrected chi connectivity index (χ1v) is 10.4. The van der Waals surface area contributed by atoms with E-state index in [0.29, 0.717) is 24.2 Å². The molecule has 1 amide bonds. The summed E-state index contributed by atoms with van der Waals surface area (Å²) in [6.45, 7) is 6.64. The zero-order valence-electron chi connectivity index (χ0n) is 18.0. The van der Waals surface area contributed by atoms with Gasteiger partial charge in [-0.1, -0.05) is 50.2 Å². The van der Waals surface area contributed by atoms with Crippen LogP contribution >= 0.6 is 0 Å². The molecule has 7 nitrogen and oxygen atoms in total. The van der Waals surface area contributed by atoms with E-state index >= 15 is 0 Å². The maximum Gasteiger partial charge on any atom is 0.295 e. The van der Waals surface area contributed by atoms with Gasteiger partial charge >= 0.3 is 0 Å².